The molecule has 5 nitrogen and oxygen atoms in total. The number of carbonyl (C=O) groups excluding carboxylic acids is 1. The fourth-order valence-electron chi connectivity index (χ4n) is 2.08. The fourth-order valence-corrected chi connectivity index (χ4v) is 2.84. The van der Waals surface area contributed by atoms with Crippen molar-refractivity contribution < 1.29 is 19.4 Å². The Labute approximate surface area is 132 Å². The Morgan fingerprint density at radius 1 is 1.48 bits per heavy atom. The number of fused-ring (bicyclic) bond motifs is 1. The zero-order valence-corrected chi connectivity index (χ0v) is 12.9. The van der Waals surface area contributed by atoms with E-state index in [1.54, 1.807) is 6.07 Å². The highest BCUT2D eigenvalue weighted by molar-refractivity contribution is 7.99. The van der Waals surface area contributed by atoms with Crippen LogP contribution in [0.4, 0.5) is 0 Å². The molecule has 2 N–H and O–H groups in total. The molecule has 7 heteroatoms. The molecule has 1 aliphatic rings. The minimum Gasteiger partial charge on any atom is -0.492 e. The lowest BCUT2D eigenvalue weighted by molar-refractivity contribution is -0.134. The minimum absolute atomic E-state index is 0.0499. The summed E-state index contributed by atoms with van der Waals surface area (Å²) in [5, 5.41) is 11.9. The Hall–Kier alpha value is -1.40. The van der Waals surface area contributed by atoms with Crippen LogP contribution >= 0.6 is 23.4 Å². The molecule has 0 bridgehead atoms. The first-order valence-electron chi connectivity index (χ1n) is 6.54. The van der Waals surface area contributed by atoms with Crippen LogP contribution < -0.4 is 10.1 Å². The number of benzene rings is 1. The Morgan fingerprint density at radius 3 is 3.05 bits per heavy atom. The molecule has 114 valence electrons. The van der Waals surface area contributed by atoms with E-state index in [2.05, 4.69) is 5.32 Å². The average Bonchev–Trinajstić information content (AvgIpc) is 2.45. The van der Waals surface area contributed by atoms with Crippen LogP contribution in [-0.2, 0) is 16.0 Å². The predicted molar refractivity (Wildman–Crippen MR) is 82.1 cm³/mol. The standard InChI is InChI=1S/C14H16ClNO4S/c15-11-1-2-12-9(6-11)5-10(7-20-12)14(19)16-3-4-21-8-13(17)18/h1-2,6,10H,3-5,7-8H2,(H,16,19)(H,17,18). The molecule has 1 heterocycles. The fraction of sp³-hybridized carbons (Fsp3) is 0.429. The van der Waals surface area contributed by atoms with Gasteiger partial charge in [-0.1, -0.05) is 11.6 Å². The third kappa shape index (κ3) is 4.82. The molecule has 1 aliphatic heterocycles. The lowest BCUT2D eigenvalue weighted by Gasteiger charge is -2.24. The predicted octanol–water partition coefficient (Wildman–Crippen LogP) is 1.83. The molecule has 0 aliphatic carbocycles. The second kappa shape index (κ2) is 7.56. The minimum atomic E-state index is -0.847. The normalized spacial score (nSPS) is 16.7. The van der Waals surface area contributed by atoms with Crippen molar-refractivity contribution in [2.75, 3.05) is 24.7 Å². The van der Waals surface area contributed by atoms with Gasteiger partial charge in [-0.25, -0.2) is 0 Å². The number of hydrogen-bond acceptors (Lipinski definition) is 4. The van der Waals surface area contributed by atoms with Crippen LogP contribution in [0.3, 0.4) is 0 Å². The highest BCUT2D eigenvalue weighted by atomic mass is 35.5. The van der Waals surface area contributed by atoms with E-state index in [9.17, 15) is 9.59 Å². The summed E-state index contributed by atoms with van der Waals surface area (Å²) < 4.78 is 5.57. The van der Waals surface area contributed by atoms with Crippen molar-refractivity contribution in [3.05, 3.63) is 28.8 Å². The lowest BCUT2D eigenvalue weighted by atomic mass is 9.96. The Bertz CT molecular complexity index is 538. The molecule has 1 unspecified atom stereocenters. The average molecular weight is 330 g/mol. The van der Waals surface area contributed by atoms with E-state index in [1.165, 1.54) is 11.8 Å². The molecule has 21 heavy (non-hydrogen) atoms. The van der Waals surface area contributed by atoms with E-state index in [0.29, 0.717) is 30.3 Å². The molecule has 0 radical (unpaired) electrons. The quantitative estimate of drug-likeness (QED) is 0.779. The maximum atomic E-state index is 12.0. The summed E-state index contributed by atoms with van der Waals surface area (Å²) in [6, 6.07) is 5.40. The second-order valence-corrected chi connectivity index (χ2v) is 6.24. The summed E-state index contributed by atoms with van der Waals surface area (Å²) in [4.78, 5) is 22.4. The van der Waals surface area contributed by atoms with Gasteiger partial charge >= 0.3 is 5.97 Å². The SMILES string of the molecule is O=C(O)CSCCNC(=O)C1COc2ccc(Cl)cc2C1. The van der Waals surface area contributed by atoms with Gasteiger partial charge in [0.05, 0.1) is 11.7 Å². The van der Waals surface area contributed by atoms with Crippen LogP contribution in [0.1, 0.15) is 5.56 Å². The van der Waals surface area contributed by atoms with Gasteiger partial charge in [-0.2, -0.15) is 0 Å². The number of carboxylic acids is 1. The zero-order chi connectivity index (χ0) is 15.2. The van der Waals surface area contributed by atoms with Crippen LogP contribution in [0.15, 0.2) is 18.2 Å². The topological polar surface area (TPSA) is 75.6 Å². The maximum absolute atomic E-state index is 12.0. The van der Waals surface area contributed by atoms with E-state index in [0.717, 1.165) is 11.3 Å². The third-order valence-corrected chi connectivity index (χ3v) is 4.25. The summed E-state index contributed by atoms with van der Waals surface area (Å²) in [6.07, 6.45) is 0.601. The van der Waals surface area contributed by atoms with Crippen molar-refractivity contribution in [3.63, 3.8) is 0 Å². The number of ether oxygens (including phenoxy) is 1. The number of halogens is 1. The summed E-state index contributed by atoms with van der Waals surface area (Å²) >= 11 is 7.22. The van der Waals surface area contributed by atoms with E-state index in [-0.39, 0.29) is 17.6 Å². The Kier molecular flexibility index (Phi) is 5.76. The lowest BCUT2D eigenvalue weighted by Crippen LogP contribution is -2.38. The van der Waals surface area contributed by atoms with Crippen LogP contribution in [0.2, 0.25) is 5.02 Å². The largest absolute Gasteiger partial charge is 0.492 e. The van der Waals surface area contributed by atoms with E-state index < -0.39 is 5.97 Å². The third-order valence-electron chi connectivity index (χ3n) is 3.07. The number of carbonyl (C=O) groups is 2. The summed E-state index contributed by atoms with van der Waals surface area (Å²) in [6.45, 7) is 0.804. The number of carboxylic acid groups (broad SMARTS) is 1. The summed E-state index contributed by atoms with van der Waals surface area (Å²) in [5.74, 6) is 0.250. The van der Waals surface area contributed by atoms with Crippen molar-refractivity contribution >= 4 is 35.2 Å². The molecule has 0 spiro atoms. The first-order valence-corrected chi connectivity index (χ1v) is 8.08. The molecule has 2 rings (SSSR count). The monoisotopic (exact) mass is 329 g/mol. The van der Waals surface area contributed by atoms with Gasteiger partial charge in [0.25, 0.3) is 0 Å². The van der Waals surface area contributed by atoms with Gasteiger partial charge in [0.1, 0.15) is 12.4 Å². The van der Waals surface area contributed by atoms with Gasteiger partial charge < -0.3 is 15.2 Å². The molecule has 1 aromatic carbocycles. The van der Waals surface area contributed by atoms with E-state index in [4.69, 9.17) is 21.4 Å². The first-order chi connectivity index (χ1) is 10.1. The zero-order valence-electron chi connectivity index (χ0n) is 11.3. The van der Waals surface area contributed by atoms with E-state index >= 15 is 0 Å². The van der Waals surface area contributed by atoms with Crippen molar-refractivity contribution in [1.82, 2.24) is 5.32 Å². The number of thioether (sulfide) groups is 1. The molecule has 1 atom stereocenters. The van der Waals surface area contributed by atoms with Gasteiger partial charge in [-0.3, -0.25) is 9.59 Å². The molecule has 0 saturated heterocycles. The van der Waals surface area contributed by atoms with Crippen LogP contribution in [0.5, 0.6) is 5.75 Å². The van der Waals surface area contributed by atoms with Crippen molar-refractivity contribution in [2.45, 2.75) is 6.42 Å². The molecule has 1 aromatic rings. The van der Waals surface area contributed by atoms with Gasteiger partial charge in [-0.05, 0) is 30.2 Å². The molecule has 1 amide bonds. The molecule has 0 saturated carbocycles. The molecule has 0 fully saturated rings. The summed E-state index contributed by atoms with van der Waals surface area (Å²) in [7, 11) is 0. The van der Waals surface area contributed by atoms with Crippen LogP contribution in [0, 0.1) is 5.92 Å². The number of rotatable bonds is 6. The van der Waals surface area contributed by atoms with Crippen LogP contribution in [-0.4, -0.2) is 41.6 Å². The number of hydrogen-bond donors (Lipinski definition) is 2. The smallest absolute Gasteiger partial charge is 0.313 e. The Balaban J connectivity index is 1.78. The number of aliphatic carboxylic acids is 1. The highest BCUT2D eigenvalue weighted by Gasteiger charge is 2.25. The second-order valence-electron chi connectivity index (χ2n) is 4.70. The molecule has 0 aromatic heterocycles. The summed E-state index contributed by atoms with van der Waals surface area (Å²) in [5.41, 5.74) is 0.939. The van der Waals surface area contributed by atoms with Crippen molar-refractivity contribution in [2.24, 2.45) is 5.92 Å². The van der Waals surface area contributed by atoms with Gasteiger partial charge in [0, 0.05) is 17.3 Å². The van der Waals surface area contributed by atoms with E-state index in [1.807, 2.05) is 12.1 Å². The molecular formula is C14H16ClNO4S. The number of nitrogens with one attached hydrogen (secondary N) is 1. The first kappa shape index (κ1) is 16.0. The van der Waals surface area contributed by atoms with Gasteiger partial charge in [-0.15, -0.1) is 11.8 Å². The number of amides is 1. The van der Waals surface area contributed by atoms with Gasteiger partial charge in [0.15, 0.2) is 0 Å². The van der Waals surface area contributed by atoms with Crippen LogP contribution in [0.25, 0.3) is 0 Å². The van der Waals surface area contributed by atoms with Crippen molar-refractivity contribution in [1.29, 1.82) is 0 Å². The van der Waals surface area contributed by atoms with Gasteiger partial charge in [0.2, 0.25) is 5.91 Å². The highest BCUT2D eigenvalue weighted by Crippen LogP contribution is 2.29. The Morgan fingerprint density at radius 2 is 2.29 bits per heavy atom. The van der Waals surface area contributed by atoms with Crippen molar-refractivity contribution in [3.8, 4) is 5.75 Å². The molecular weight excluding hydrogens is 314 g/mol. The maximum Gasteiger partial charge on any atom is 0.313 e.